The Balaban J connectivity index is 1.06. The Morgan fingerprint density at radius 2 is 1.79 bits per heavy atom. The van der Waals surface area contributed by atoms with Crippen LogP contribution in [0.4, 0.5) is 5.95 Å². The van der Waals surface area contributed by atoms with E-state index in [4.69, 9.17) is 9.72 Å². The molecule has 1 aromatic carbocycles. The summed E-state index contributed by atoms with van der Waals surface area (Å²) in [5.74, 6) is 1.46. The molecule has 11 nitrogen and oxygen atoms in total. The fraction of sp³-hybridized carbons (Fsp3) is 0.533. The Labute approximate surface area is 245 Å². The number of carboxylic acids is 1. The Hall–Kier alpha value is -3.67. The van der Waals surface area contributed by atoms with E-state index in [1.54, 1.807) is 6.20 Å². The standard InChI is InChI=1S/C30H37N5O6S/c36-28(34-14-9-22(10-15-34)29(37)38)21-4-6-23(7-5-21)32-30-31-13-8-27(33-30)35-16-11-24-25(35)2-1-3-26(24)41-18-20-12-17-42(39,40)19-20/h1-3,8,11,13,16,20-23H,4-7,9-10,12,14-15,17-19H2,(H,37,38)(H,31,32,33). The molecule has 1 saturated carbocycles. The SMILES string of the molecule is O=C(O)C1CCN(C(=O)C2CCC(Nc3nccc(-n4ccc5c(OCC6CCS(=O)(=O)C6)cccc54)n3)CC2)CC1. The van der Waals surface area contributed by atoms with Crippen LogP contribution in [-0.2, 0) is 19.4 Å². The first-order valence-corrected chi connectivity index (χ1v) is 16.6. The number of sulfone groups is 1. The number of benzene rings is 1. The summed E-state index contributed by atoms with van der Waals surface area (Å²) in [6.45, 7) is 1.43. The molecule has 0 spiro atoms. The highest BCUT2D eigenvalue weighted by atomic mass is 32.2. The lowest BCUT2D eigenvalue weighted by molar-refractivity contribution is -0.147. The molecule has 0 bridgehead atoms. The molecule has 2 aromatic heterocycles. The molecule has 2 saturated heterocycles. The van der Waals surface area contributed by atoms with Crippen LogP contribution in [0.15, 0.2) is 42.7 Å². The number of carbonyl (C=O) groups excluding carboxylic acids is 1. The number of hydrogen-bond donors (Lipinski definition) is 2. The number of carboxylic acid groups (broad SMARTS) is 1. The zero-order valence-corrected chi connectivity index (χ0v) is 24.3. The fourth-order valence-electron chi connectivity index (χ4n) is 6.50. The van der Waals surface area contributed by atoms with Crippen LogP contribution >= 0.6 is 0 Å². The van der Waals surface area contributed by atoms with Crippen LogP contribution in [-0.4, -0.2) is 82.1 Å². The predicted octanol–water partition coefficient (Wildman–Crippen LogP) is 3.53. The van der Waals surface area contributed by atoms with E-state index in [0.29, 0.717) is 44.9 Å². The summed E-state index contributed by atoms with van der Waals surface area (Å²) in [5.41, 5.74) is 0.933. The van der Waals surface area contributed by atoms with E-state index in [1.165, 1.54) is 0 Å². The van der Waals surface area contributed by atoms with Gasteiger partial charge in [0.2, 0.25) is 11.9 Å². The van der Waals surface area contributed by atoms with Gasteiger partial charge >= 0.3 is 5.97 Å². The average molecular weight is 596 g/mol. The van der Waals surface area contributed by atoms with E-state index >= 15 is 0 Å². The molecule has 1 unspecified atom stereocenters. The Kier molecular flexibility index (Phi) is 8.06. The topological polar surface area (TPSA) is 144 Å². The first-order valence-electron chi connectivity index (χ1n) is 14.8. The van der Waals surface area contributed by atoms with Gasteiger partial charge in [-0.2, -0.15) is 4.98 Å². The van der Waals surface area contributed by atoms with Crippen LogP contribution in [0.3, 0.4) is 0 Å². The molecule has 1 amide bonds. The molecule has 3 aliphatic rings. The number of rotatable bonds is 8. The quantitative estimate of drug-likeness (QED) is 0.400. The minimum Gasteiger partial charge on any atom is -0.493 e. The van der Waals surface area contributed by atoms with Gasteiger partial charge in [-0.05, 0) is 69.2 Å². The van der Waals surface area contributed by atoms with E-state index in [-0.39, 0.29) is 41.2 Å². The Morgan fingerprint density at radius 1 is 1.00 bits per heavy atom. The minimum absolute atomic E-state index is 0.0163. The van der Waals surface area contributed by atoms with Crippen molar-refractivity contribution < 1.29 is 27.9 Å². The number of aliphatic carboxylic acids is 1. The van der Waals surface area contributed by atoms with Crippen LogP contribution in [0.1, 0.15) is 44.9 Å². The summed E-state index contributed by atoms with van der Waals surface area (Å²) in [7, 11) is -2.94. The molecular weight excluding hydrogens is 558 g/mol. The second kappa shape index (κ2) is 11.9. The predicted molar refractivity (Wildman–Crippen MR) is 157 cm³/mol. The van der Waals surface area contributed by atoms with Gasteiger partial charge in [0, 0.05) is 48.7 Å². The maximum atomic E-state index is 13.0. The lowest BCUT2D eigenvalue weighted by atomic mass is 9.84. The normalized spacial score (nSPS) is 24.5. The molecule has 1 atom stereocenters. The van der Waals surface area contributed by atoms with Gasteiger partial charge < -0.3 is 24.6 Å². The highest BCUT2D eigenvalue weighted by molar-refractivity contribution is 7.91. The molecular formula is C30H37N5O6S. The van der Waals surface area contributed by atoms with E-state index < -0.39 is 15.8 Å². The van der Waals surface area contributed by atoms with E-state index in [0.717, 1.165) is 48.2 Å². The van der Waals surface area contributed by atoms with Crippen LogP contribution in [0.5, 0.6) is 5.75 Å². The van der Waals surface area contributed by atoms with Gasteiger partial charge in [-0.3, -0.25) is 9.59 Å². The molecule has 4 heterocycles. The number of hydrogen-bond acceptors (Lipinski definition) is 8. The molecule has 224 valence electrons. The molecule has 3 aromatic rings. The van der Waals surface area contributed by atoms with Crippen LogP contribution in [0, 0.1) is 17.8 Å². The minimum atomic E-state index is -2.94. The number of piperidine rings is 1. The summed E-state index contributed by atoms with van der Waals surface area (Å²) in [6, 6.07) is 9.83. The molecule has 3 fully saturated rings. The van der Waals surface area contributed by atoms with Crippen molar-refractivity contribution in [2.75, 3.05) is 36.5 Å². The maximum absolute atomic E-state index is 13.0. The van der Waals surface area contributed by atoms with Crippen molar-refractivity contribution in [3.63, 3.8) is 0 Å². The maximum Gasteiger partial charge on any atom is 0.306 e. The van der Waals surface area contributed by atoms with Crippen molar-refractivity contribution in [2.24, 2.45) is 17.8 Å². The van der Waals surface area contributed by atoms with Crippen molar-refractivity contribution in [1.82, 2.24) is 19.4 Å². The van der Waals surface area contributed by atoms with Crippen molar-refractivity contribution >= 4 is 38.6 Å². The lowest BCUT2D eigenvalue weighted by Crippen LogP contribution is -2.44. The largest absolute Gasteiger partial charge is 0.493 e. The number of carbonyl (C=O) groups is 2. The van der Waals surface area contributed by atoms with Crippen LogP contribution in [0.25, 0.3) is 16.7 Å². The van der Waals surface area contributed by atoms with Gasteiger partial charge in [0.15, 0.2) is 9.84 Å². The second-order valence-corrected chi connectivity index (χ2v) is 14.1. The number of aromatic nitrogens is 3. The second-order valence-electron chi connectivity index (χ2n) is 11.8. The number of amides is 1. The molecule has 12 heteroatoms. The van der Waals surface area contributed by atoms with Crippen molar-refractivity contribution in [2.45, 2.75) is 51.0 Å². The first kappa shape index (κ1) is 28.4. The summed E-state index contributed by atoms with van der Waals surface area (Å²) < 4.78 is 31.7. The van der Waals surface area contributed by atoms with E-state index in [2.05, 4.69) is 10.3 Å². The zero-order chi connectivity index (χ0) is 29.3. The fourth-order valence-corrected chi connectivity index (χ4v) is 8.34. The Morgan fingerprint density at radius 3 is 2.50 bits per heavy atom. The summed E-state index contributed by atoms with van der Waals surface area (Å²) in [5, 5.41) is 13.6. The highest BCUT2D eigenvalue weighted by Gasteiger charge is 2.33. The first-order chi connectivity index (χ1) is 20.3. The van der Waals surface area contributed by atoms with Gasteiger partial charge in [-0.25, -0.2) is 13.4 Å². The molecule has 42 heavy (non-hydrogen) atoms. The monoisotopic (exact) mass is 595 g/mol. The summed E-state index contributed by atoms with van der Waals surface area (Å²) in [4.78, 5) is 35.3. The molecule has 1 aliphatic carbocycles. The molecule has 2 aliphatic heterocycles. The molecule has 6 rings (SSSR count). The number of nitrogens with one attached hydrogen (secondary N) is 1. The van der Waals surface area contributed by atoms with Crippen molar-refractivity contribution in [3.05, 3.63) is 42.7 Å². The van der Waals surface area contributed by atoms with Gasteiger partial charge in [0.25, 0.3) is 0 Å². The van der Waals surface area contributed by atoms with Gasteiger partial charge in [-0.1, -0.05) is 6.07 Å². The van der Waals surface area contributed by atoms with Gasteiger partial charge in [-0.15, -0.1) is 0 Å². The third-order valence-corrected chi connectivity index (χ3v) is 10.8. The Bertz CT molecular complexity index is 1560. The number of nitrogens with zero attached hydrogens (tertiary/aromatic N) is 4. The van der Waals surface area contributed by atoms with Gasteiger partial charge in [0.1, 0.15) is 11.6 Å². The van der Waals surface area contributed by atoms with Crippen molar-refractivity contribution in [1.29, 1.82) is 0 Å². The van der Waals surface area contributed by atoms with Crippen LogP contribution in [0.2, 0.25) is 0 Å². The lowest BCUT2D eigenvalue weighted by Gasteiger charge is -2.35. The van der Waals surface area contributed by atoms with Crippen molar-refractivity contribution in [3.8, 4) is 11.6 Å². The van der Waals surface area contributed by atoms with E-state index in [1.807, 2.05) is 46.0 Å². The number of ether oxygens (including phenoxy) is 1. The molecule has 0 radical (unpaired) electrons. The number of fused-ring (bicyclic) bond motifs is 1. The number of anilines is 1. The average Bonchev–Trinajstić information content (AvgIpc) is 3.59. The highest BCUT2D eigenvalue weighted by Crippen LogP contribution is 2.31. The van der Waals surface area contributed by atoms with Crippen LogP contribution < -0.4 is 10.1 Å². The van der Waals surface area contributed by atoms with E-state index in [9.17, 15) is 23.1 Å². The third-order valence-electron chi connectivity index (χ3n) is 8.95. The molecule has 2 N–H and O–H groups in total. The third kappa shape index (κ3) is 6.23. The summed E-state index contributed by atoms with van der Waals surface area (Å²) >= 11 is 0. The smallest absolute Gasteiger partial charge is 0.306 e. The van der Waals surface area contributed by atoms with Gasteiger partial charge in [0.05, 0.1) is 29.5 Å². The summed E-state index contributed by atoms with van der Waals surface area (Å²) in [6.07, 6.45) is 8.62. The zero-order valence-electron chi connectivity index (χ0n) is 23.5. The number of likely N-dealkylation sites (tertiary alicyclic amines) is 1.